The van der Waals surface area contributed by atoms with E-state index >= 15 is 0 Å². The fourth-order valence-corrected chi connectivity index (χ4v) is 0. The first-order valence-electron chi connectivity index (χ1n) is 0.169. The van der Waals surface area contributed by atoms with Crippen molar-refractivity contribution in [2.45, 2.75) is 0 Å². The maximum atomic E-state index is 6.81. The zero-order valence-corrected chi connectivity index (χ0v) is 13.4. The zero-order chi connectivity index (χ0) is 2.00. The van der Waals surface area contributed by atoms with Crippen LogP contribution in [0.3, 0.4) is 0 Å². The van der Waals surface area contributed by atoms with E-state index in [9.17, 15) is 0 Å². The van der Waals surface area contributed by atoms with Gasteiger partial charge in [-0.25, -0.2) is 0 Å². The van der Waals surface area contributed by atoms with E-state index in [-0.39, 0.29) is 128 Å². The molecule has 0 atom stereocenters. The second kappa shape index (κ2) is 111. The fourth-order valence-electron chi connectivity index (χ4n) is 0. The summed E-state index contributed by atoms with van der Waals surface area (Å²) in [4.78, 5) is 0. The molecule has 10 heteroatoms. The molecule has 0 aromatic carbocycles. The minimum Gasteiger partial charge on any atom is 0 e. The van der Waals surface area contributed by atoms with Crippen molar-refractivity contribution in [3.05, 3.63) is 0 Å². The van der Waals surface area contributed by atoms with Gasteiger partial charge in [0.1, 0.15) is 0 Å². The van der Waals surface area contributed by atoms with E-state index in [1.807, 2.05) is 16.3 Å². The van der Waals surface area contributed by atoms with Crippen LogP contribution in [0.15, 0.2) is 0 Å². The van der Waals surface area contributed by atoms with Gasteiger partial charge in [0.15, 0.2) is 17.4 Å². The van der Waals surface area contributed by atoms with Crippen molar-refractivity contribution < 1.29 is 131 Å². The molecule has 0 saturated heterocycles. The second-order valence-corrected chi connectivity index (χ2v) is 0. The Labute approximate surface area is 146 Å². The Hall–Kier alpha value is 4.22. The van der Waals surface area contributed by atoms with Gasteiger partial charge in [-0.05, 0) is 0 Å². The van der Waals surface area contributed by atoms with Crippen molar-refractivity contribution in [1.29, 1.82) is 0 Å². The smallest absolute Gasteiger partial charge is 0 e. The first kappa shape index (κ1) is 91.2. The number of rotatable bonds is 0. The van der Waals surface area contributed by atoms with Crippen molar-refractivity contribution in [3.8, 4) is 0 Å². The van der Waals surface area contributed by atoms with Crippen molar-refractivity contribution in [2.75, 3.05) is 0 Å². The summed E-state index contributed by atoms with van der Waals surface area (Å²) in [6, 6.07) is 0. The van der Waals surface area contributed by atoms with Crippen molar-refractivity contribution >= 4 is 17.4 Å². The molecular weight excluding hydrogens is 467 g/mol. The van der Waals surface area contributed by atoms with E-state index in [2.05, 4.69) is 0 Å². The normalized spacial score (nSPS) is 0.600. The third-order valence-corrected chi connectivity index (χ3v) is 0. The topological polar surface area (TPSA) is 51.7 Å². The molecule has 0 amide bonds. The van der Waals surface area contributed by atoms with Crippen LogP contribution in [0.25, 0.3) is 0 Å². The van der Waals surface area contributed by atoms with E-state index in [1.165, 1.54) is 0 Å². The summed E-state index contributed by atoms with van der Waals surface area (Å²) in [6.45, 7) is 0. The molecule has 0 fully saturated rings. The molecule has 0 rings (SSSR count). The predicted octanol–water partition coefficient (Wildman–Crippen LogP) is -2.58. The quantitative estimate of drug-likeness (QED) is 0.387. The molecule has 0 spiro atoms. The predicted molar refractivity (Wildman–Crippen MR) is 15.8 cm³/mol. The van der Waals surface area contributed by atoms with Crippen LogP contribution >= 0.6 is 0 Å². The SMILES string of the molecule is O.[AlH3].[Co].[Cu].[Fe].[Ni].[OH][Mn].[V].[Zn]. The van der Waals surface area contributed by atoms with Crippen molar-refractivity contribution in [2.24, 2.45) is 0 Å². The van der Waals surface area contributed by atoms with Crippen LogP contribution < -0.4 is 0 Å². The van der Waals surface area contributed by atoms with Crippen LogP contribution in [-0.4, -0.2) is 27.0 Å². The van der Waals surface area contributed by atoms with Crippen molar-refractivity contribution in [3.63, 3.8) is 0 Å². The van der Waals surface area contributed by atoms with Gasteiger partial charge in [-0.3, -0.25) is 0 Å². The van der Waals surface area contributed by atoms with Gasteiger partial charge in [0.25, 0.3) is 0 Å². The number of hydrogen-bond acceptors (Lipinski definition) is 1. The standard InChI is InChI=1S/Al.Co.Cu.Fe.Mn.Ni.2H2O.V.Zn.3H/h;;;;;;2*1H2;;;;;/q;;;;+1;;;;;;;;/p-1. The Balaban J connectivity index is -0.000000000179. The van der Waals surface area contributed by atoms with Gasteiger partial charge in [-0.1, -0.05) is 0 Å². The van der Waals surface area contributed by atoms with Crippen molar-refractivity contribution in [1.82, 2.24) is 0 Å². The minimum atomic E-state index is 0. The molecule has 73 valence electrons. The molecule has 3 radical (unpaired) electrons. The molecular formula is H6AlCoCuFeMnNiO2VZn. The molecule has 3 N–H and O–H groups in total. The maximum Gasteiger partial charge on any atom is 0 e. The average Bonchev–Trinajstić information content (AvgIpc) is 1.00. The summed E-state index contributed by atoms with van der Waals surface area (Å²) < 4.78 is 6.81. The molecule has 0 unspecified atom stereocenters. The van der Waals surface area contributed by atoms with Gasteiger partial charge in [-0.15, -0.1) is 0 Å². The van der Waals surface area contributed by atoms with E-state index in [0.717, 1.165) is 0 Å². The van der Waals surface area contributed by atoms with Gasteiger partial charge < -0.3 is 5.48 Å². The molecule has 0 heterocycles. The van der Waals surface area contributed by atoms with Crippen LogP contribution in [0.5, 0.6) is 0 Å². The molecule has 0 aliphatic rings. The fraction of sp³-hybridized carbons (Fsp3) is 0. The molecule has 10 heavy (non-hydrogen) atoms. The molecule has 0 saturated carbocycles. The van der Waals surface area contributed by atoms with Gasteiger partial charge in [0.2, 0.25) is 0 Å². The largest absolute Gasteiger partial charge is 0 e. The molecule has 2 nitrogen and oxygen atoms in total. The van der Waals surface area contributed by atoms with Crippen LogP contribution in [-0.2, 0) is 122 Å². The van der Waals surface area contributed by atoms with Crippen LogP contribution in [0.4, 0.5) is 0 Å². The Kier molecular flexibility index (Phi) is 1010. The van der Waals surface area contributed by atoms with E-state index in [1.54, 1.807) is 0 Å². The zero-order valence-electron chi connectivity index (χ0n) is 3.78. The second-order valence-electron chi connectivity index (χ2n) is 0. The Morgan fingerprint density at radius 3 is 1.10 bits per heavy atom. The first-order chi connectivity index (χ1) is 1.00. The first-order valence-corrected chi connectivity index (χ1v) is 0.697. The van der Waals surface area contributed by atoms with Crippen LogP contribution in [0.2, 0.25) is 0 Å². The Morgan fingerprint density at radius 2 is 1.10 bits per heavy atom. The number of hydrogen-bond donors (Lipinski definition) is 1. The summed E-state index contributed by atoms with van der Waals surface area (Å²) >= 11 is 1.94. The summed E-state index contributed by atoms with van der Waals surface area (Å²) in [7, 11) is 0. The summed E-state index contributed by atoms with van der Waals surface area (Å²) in [5.41, 5.74) is 0. The molecule has 0 aromatic heterocycles. The third kappa shape index (κ3) is 86.4. The van der Waals surface area contributed by atoms with Crippen LogP contribution in [0.1, 0.15) is 0 Å². The Morgan fingerprint density at radius 1 is 1.10 bits per heavy atom. The van der Waals surface area contributed by atoms with E-state index < -0.39 is 0 Å². The third-order valence-electron chi connectivity index (χ3n) is 0. The molecule has 0 bridgehead atoms. The maximum absolute atomic E-state index is 6.81. The van der Waals surface area contributed by atoms with Gasteiger partial charge in [0.05, 0.1) is 0 Å². The monoisotopic (exact) mass is 471 g/mol. The van der Waals surface area contributed by atoms with Gasteiger partial charge in [0, 0.05) is 105 Å². The molecule has 0 aromatic rings. The van der Waals surface area contributed by atoms with Gasteiger partial charge in [-0.2, -0.15) is 0 Å². The summed E-state index contributed by atoms with van der Waals surface area (Å²) in [5, 5.41) is 0. The molecule has 0 aliphatic heterocycles. The van der Waals surface area contributed by atoms with E-state index in [0.29, 0.717) is 0 Å². The van der Waals surface area contributed by atoms with E-state index in [4.69, 9.17) is 4.19 Å². The molecule has 0 aliphatic carbocycles. The van der Waals surface area contributed by atoms with Crippen LogP contribution in [0, 0.1) is 0 Å². The summed E-state index contributed by atoms with van der Waals surface area (Å²) in [6.07, 6.45) is 0. The Bertz CT molecular complexity index is 31.2. The summed E-state index contributed by atoms with van der Waals surface area (Å²) in [5.74, 6) is 0. The van der Waals surface area contributed by atoms with Gasteiger partial charge >= 0.3 is 20.5 Å². The average molecular weight is 473 g/mol. The minimum absolute atomic E-state index is 0.